The highest BCUT2D eigenvalue weighted by molar-refractivity contribution is 6.26. The third kappa shape index (κ3) is 5.16. The number of nitrogens with zero attached hydrogens (tertiary/aromatic N) is 4. The fourth-order valence-electron chi connectivity index (χ4n) is 8.86. The van der Waals surface area contributed by atoms with Gasteiger partial charge in [-0.2, -0.15) is 0 Å². The van der Waals surface area contributed by atoms with Gasteiger partial charge in [0, 0.05) is 38.9 Å². The van der Waals surface area contributed by atoms with Gasteiger partial charge in [-0.25, -0.2) is 15.0 Å². The first-order valence-electron chi connectivity index (χ1n) is 19.6. The SMILES string of the molecule is c1ccc(-c2c3ccccc3nc3c2ccc2ccc(-c4ccc5c6ccc(-c7ccc8ccc(-c9ccccn9)nc8c7)cc6c6ccccc6c5c4)nc23)cc1. The lowest BCUT2D eigenvalue weighted by Crippen LogP contribution is -1.93. The number of pyridine rings is 4. The molecule has 0 amide bonds. The molecule has 4 nitrogen and oxygen atoms in total. The average Bonchev–Trinajstić information content (AvgIpc) is 3.30. The molecule has 8 aromatic carbocycles. The van der Waals surface area contributed by atoms with Crippen molar-refractivity contribution >= 4 is 75.9 Å². The van der Waals surface area contributed by atoms with Gasteiger partial charge in [-0.1, -0.05) is 140 Å². The monoisotopic (exact) mass is 736 g/mol. The minimum absolute atomic E-state index is 0.870. The van der Waals surface area contributed by atoms with Crippen LogP contribution in [0.1, 0.15) is 0 Å². The predicted octanol–water partition coefficient (Wildman–Crippen LogP) is 14.0. The van der Waals surface area contributed by atoms with E-state index < -0.39 is 0 Å². The lowest BCUT2D eigenvalue weighted by atomic mass is 9.90. The Morgan fingerprint density at radius 3 is 1.69 bits per heavy atom. The molecule has 0 aliphatic carbocycles. The minimum Gasteiger partial charge on any atom is -0.255 e. The van der Waals surface area contributed by atoms with Gasteiger partial charge < -0.3 is 0 Å². The van der Waals surface area contributed by atoms with Crippen molar-refractivity contribution in [1.29, 1.82) is 0 Å². The summed E-state index contributed by atoms with van der Waals surface area (Å²) in [5, 5.41) is 11.7. The van der Waals surface area contributed by atoms with Crippen LogP contribution in [0.3, 0.4) is 0 Å². The summed E-state index contributed by atoms with van der Waals surface area (Å²) < 4.78 is 0. The van der Waals surface area contributed by atoms with Crippen LogP contribution in [0.4, 0.5) is 0 Å². The van der Waals surface area contributed by atoms with Crippen LogP contribution in [0.25, 0.3) is 121 Å². The van der Waals surface area contributed by atoms with Crippen LogP contribution in [-0.2, 0) is 0 Å². The summed E-state index contributed by atoms with van der Waals surface area (Å²) in [6.07, 6.45) is 1.81. The van der Waals surface area contributed by atoms with Gasteiger partial charge in [-0.3, -0.25) is 4.98 Å². The molecule has 12 aromatic rings. The Balaban J connectivity index is 1.00. The second-order valence-electron chi connectivity index (χ2n) is 15.0. The van der Waals surface area contributed by atoms with Crippen LogP contribution in [0, 0.1) is 0 Å². The Bertz CT molecular complexity index is 3600. The Hall–Kier alpha value is -7.82. The normalized spacial score (nSPS) is 11.8. The van der Waals surface area contributed by atoms with Crippen molar-refractivity contribution in [2.45, 2.75) is 0 Å². The second-order valence-corrected chi connectivity index (χ2v) is 15.0. The zero-order chi connectivity index (χ0) is 38.2. The van der Waals surface area contributed by atoms with Gasteiger partial charge in [0.25, 0.3) is 0 Å². The summed E-state index contributed by atoms with van der Waals surface area (Å²) >= 11 is 0. The quantitative estimate of drug-likeness (QED) is 0.133. The Kier molecular flexibility index (Phi) is 7.20. The number of aromatic nitrogens is 4. The van der Waals surface area contributed by atoms with Crippen molar-refractivity contribution in [1.82, 2.24) is 19.9 Å². The van der Waals surface area contributed by atoms with Gasteiger partial charge in [0.2, 0.25) is 0 Å². The van der Waals surface area contributed by atoms with Crippen LogP contribution < -0.4 is 0 Å². The minimum atomic E-state index is 0.870. The summed E-state index contributed by atoms with van der Waals surface area (Å²) in [6.45, 7) is 0. The van der Waals surface area contributed by atoms with Crippen molar-refractivity contribution in [3.8, 4) is 44.9 Å². The standard InChI is InChI=1S/C54H32N4/c1-2-10-34(11-3-1)52-43-14-6-7-15-48(43)58-54-44(52)26-19-35-23-27-47(57-53(35)54)38-21-25-42-41-24-20-36(30-45(41)39-12-4-5-13-40(39)46(42)31-38)37-18-17-33-22-28-50(56-51(33)32-37)49-16-8-9-29-55-49/h1-32H. The van der Waals surface area contributed by atoms with E-state index in [0.29, 0.717) is 0 Å². The highest BCUT2D eigenvalue weighted by Gasteiger charge is 2.16. The number of hydrogen-bond acceptors (Lipinski definition) is 4. The molecule has 0 N–H and O–H groups in total. The van der Waals surface area contributed by atoms with E-state index in [2.05, 4.69) is 169 Å². The van der Waals surface area contributed by atoms with E-state index in [9.17, 15) is 0 Å². The Morgan fingerprint density at radius 2 is 0.879 bits per heavy atom. The van der Waals surface area contributed by atoms with Crippen molar-refractivity contribution in [3.63, 3.8) is 0 Å². The van der Waals surface area contributed by atoms with Crippen LogP contribution >= 0.6 is 0 Å². The lowest BCUT2D eigenvalue weighted by Gasteiger charge is -2.14. The van der Waals surface area contributed by atoms with E-state index >= 15 is 0 Å². The topological polar surface area (TPSA) is 51.6 Å². The molecule has 12 rings (SSSR count). The Morgan fingerprint density at radius 1 is 0.276 bits per heavy atom. The first-order chi connectivity index (χ1) is 28.7. The largest absolute Gasteiger partial charge is 0.255 e. The van der Waals surface area contributed by atoms with E-state index in [0.717, 1.165) is 77.4 Å². The summed E-state index contributed by atoms with van der Waals surface area (Å²) in [6, 6.07) is 66.8. The fraction of sp³-hybridized carbons (Fsp3) is 0. The number of para-hydroxylation sites is 1. The molecular weight excluding hydrogens is 705 g/mol. The van der Waals surface area contributed by atoms with Gasteiger partial charge in [-0.15, -0.1) is 0 Å². The molecule has 0 spiro atoms. The third-order valence-electron chi connectivity index (χ3n) is 11.7. The highest BCUT2D eigenvalue weighted by Crippen LogP contribution is 2.41. The maximum atomic E-state index is 5.38. The molecule has 0 aliphatic heterocycles. The molecule has 4 heterocycles. The maximum absolute atomic E-state index is 5.38. The molecule has 0 saturated heterocycles. The second kappa shape index (κ2) is 12.9. The van der Waals surface area contributed by atoms with Gasteiger partial charge in [-0.05, 0) is 97.5 Å². The van der Waals surface area contributed by atoms with Crippen LogP contribution in [-0.4, -0.2) is 19.9 Å². The van der Waals surface area contributed by atoms with Crippen molar-refractivity contribution in [2.75, 3.05) is 0 Å². The van der Waals surface area contributed by atoms with Crippen LogP contribution in [0.15, 0.2) is 194 Å². The first kappa shape index (κ1) is 32.4. The molecule has 58 heavy (non-hydrogen) atoms. The summed E-state index contributed by atoms with van der Waals surface area (Å²) in [5.74, 6) is 0. The molecular formula is C54H32N4. The smallest absolute Gasteiger partial charge is 0.0978 e. The van der Waals surface area contributed by atoms with E-state index in [4.69, 9.17) is 15.0 Å². The molecule has 0 unspecified atom stereocenters. The molecule has 0 fully saturated rings. The molecule has 0 saturated carbocycles. The fourth-order valence-corrected chi connectivity index (χ4v) is 8.86. The molecule has 0 bridgehead atoms. The van der Waals surface area contributed by atoms with E-state index in [1.807, 2.05) is 30.5 Å². The van der Waals surface area contributed by atoms with Crippen molar-refractivity contribution in [2.24, 2.45) is 0 Å². The number of hydrogen-bond donors (Lipinski definition) is 0. The molecule has 0 radical (unpaired) electrons. The first-order valence-corrected chi connectivity index (χ1v) is 19.6. The third-order valence-corrected chi connectivity index (χ3v) is 11.7. The highest BCUT2D eigenvalue weighted by atomic mass is 14.8. The van der Waals surface area contributed by atoms with Crippen LogP contribution in [0.2, 0.25) is 0 Å². The molecule has 0 aliphatic rings. The van der Waals surface area contributed by atoms with Gasteiger partial charge in [0.1, 0.15) is 0 Å². The number of fused-ring (bicyclic) bond motifs is 11. The number of rotatable bonds is 4. The lowest BCUT2D eigenvalue weighted by molar-refractivity contribution is 1.28. The predicted molar refractivity (Wildman–Crippen MR) is 242 cm³/mol. The molecule has 4 heteroatoms. The average molecular weight is 737 g/mol. The van der Waals surface area contributed by atoms with Gasteiger partial charge >= 0.3 is 0 Å². The van der Waals surface area contributed by atoms with Crippen molar-refractivity contribution < 1.29 is 0 Å². The summed E-state index contributed by atoms with van der Waals surface area (Å²) in [5.41, 5.74) is 12.1. The molecule has 268 valence electrons. The van der Waals surface area contributed by atoms with Gasteiger partial charge in [0.15, 0.2) is 0 Å². The van der Waals surface area contributed by atoms with E-state index in [1.54, 1.807) is 0 Å². The van der Waals surface area contributed by atoms with Crippen molar-refractivity contribution in [3.05, 3.63) is 194 Å². The van der Waals surface area contributed by atoms with Gasteiger partial charge in [0.05, 0.1) is 39.1 Å². The maximum Gasteiger partial charge on any atom is 0.0978 e. The molecule has 4 aromatic heterocycles. The zero-order valence-corrected chi connectivity index (χ0v) is 31.3. The summed E-state index contributed by atoms with van der Waals surface area (Å²) in [4.78, 5) is 20.2. The van der Waals surface area contributed by atoms with E-state index in [1.165, 1.54) is 43.4 Å². The van der Waals surface area contributed by atoms with Crippen LogP contribution in [0.5, 0.6) is 0 Å². The van der Waals surface area contributed by atoms with E-state index in [-0.39, 0.29) is 0 Å². The summed E-state index contributed by atoms with van der Waals surface area (Å²) in [7, 11) is 0. The Labute approximate surface area is 333 Å². The zero-order valence-electron chi connectivity index (χ0n) is 31.3. The number of benzene rings is 8. The molecule has 0 atom stereocenters.